The normalized spacial score (nSPS) is 20.8. The summed E-state index contributed by atoms with van der Waals surface area (Å²) in [6, 6.07) is 16.2. The van der Waals surface area contributed by atoms with Crippen LogP contribution in [0.25, 0.3) is 5.57 Å². The Balaban J connectivity index is 1.45. The zero-order valence-electron chi connectivity index (χ0n) is 15.9. The van der Waals surface area contributed by atoms with Gasteiger partial charge in [0.1, 0.15) is 0 Å². The summed E-state index contributed by atoms with van der Waals surface area (Å²) >= 11 is 0. The molecule has 1 fully saturated rings. The molecule has 0 spiro atoms. The predicted molar refractivity (Wildman–Crippen MR) is 108 cm³/mol. The monoisotopic (exact) mass is 361 g/mol. The van der Waals surface area contributed by atoms with Crippen LogP contribution in [0.15, 0.2) is 54.6 Å². The summed E-state index contributed by atoms with van der Waals surface area (Å²) in [5.41, 5.74) is 5.06. The van der Waals surface area contributed by atoms with Crippen LogP contribution in [0, 0.1) is 0 Å². The number of fused-ring (bicyclic) bond motifs is 1. The van der Waals surface area contributed by atoms with Crippen molar-refractivity contribution in [3.05, 3.63) is 76.9 Å². The molecule has 1 heterocycles. The quantitative estimate of drug-likeness (QED) is 0.804. The molecule has 1 amide bonds. The van der Waals surface area contributed by atoms with Crippen LogP contribution in [0.3, 0.4) is 0 Å². The van der Waals surface area contributed by atoms with Crippen LogP contribution >= 0.6 is 0 Å². The fourth-order valence-corrected chi connectivity index (χ4v) is 4.34. The third-order valence-electron chi connectivity index (χ3n) is 6.06. The highest BCUT2D eigenvalue weighted by Crippen LogP contribution is 2.34. The Morgan fingerprint density at radius 1 is 1.07 bits per heavy atom. The number of allylic oxidation sites excluding steroid dienone is 1. The molecule has 2 aromatic carbocycles. The average Bonchev–Trinajstić information content (AvgIpc) is 2.97. The fraction of sp³-hybridized carbons (Fsp3) is 0.375. The van der Waals surface area contributed by atoms with Crippen molar-refractivity contribution in [3.8, 4) is 0 Å². The molecular weight excluding hydrogens is 334 g/mol. The third kappa shape index (κ3) is 3.57. The van der Waals surface area contributed by atoms with Crippen molar-refractivity contribution in [1.29, 1.82) is 0 Å². The molecule has 2 aromatic rings. The van der Waals surface area contributed by atoms with Gasteiger partial charge in [0.2, 0.25) is 0 Å². The molecule has 0 unspecified atom stereocenters. The first-order chi connectivity index (χ1) is 13.1. The Bertz CT molecular complexity index is 847. The van der Waals surface area contributed by atoms with E-state index in [4.69, 9.17) is 0 Å². The Kier molecular flexibility index (Phi) is 5.13. The van der Waals surface area contributed by atoms with Crippen LogP contribution in [0.5, 0.6) is 0 Å². The topological polar surface area (TPSA) is 40.5 Å². The van der Waals surface area contributed by atoms with E-state index >= 15 is 0 Å². The van der Waals surface area contributed by atoms with Gasteiger partial charge in [-0.1, -0.05) is 67.8 Å². The Morgan fingerprint density at radius 2 is 1.78 bits per heavy atom. The zero-order chi connectivity index (χ0) is 18.8. The van der Waals surface area contributed by atoms with E-state index in [0.717, 1.165) is 5.57 Å². The molecule has 0 aromatic heterocycles. The van der Waals surface area contributed by atoms with Crippen molar-refractivity contribution in [1.82, 2.24) is 4.90 Å². The minimum atomic E-state index is -0.855. The maximum Gasteiger partial charge on any atom is 0.256 e. The molecule has 3 nitrogen and oxygen atoms in total. The number of nitrogens with zero attached hydrogens (tertiary/aromatic N) is 1. The lowest BCUT2D eigenvalue weighted by molar-refractivity contribution is 0.0232. The lowest BCUT2D eigenvalue weighted by Gasteiger charge is -2.22. The summed E-state index contributed by atoms with van der Waals surface area (Å²) < 4.78 is 0. The number of benzene rings is 2. The van der Waals surface area contributed by atoms with Gasteiger partial charge in [-0.25, -0.2) is 0 Å². The first-order valence-electron chi connectivity index (χ1n) is 10.00. The van der Waals surface area contributed by atoms with E-state index in [1.807, 2.05) is 24.3 Å². The van der Waals surface area contributed by atoms with E-state index in [0.29, 0.717) is 23.6 Å². The molecule has 1 saturated carbocycles. The number of hydrogen-bond donors (Lipinski definition) is 1. The van der Waals surface area contributed by atoms with Crippen LogP contribution in [0.4, 0.5) is 0 Å². The second-order valence-electron chi connectivity index (χ2n) is 7.76. The molecule has 0 radical (unpaired) electrons. The van der Waals surface area contributed by atoms with Gasteiger partial charge in [-0.15, -0.1) is 0 Å². The lowest BCUT2D eigenvalue weighted by Crippen LogP contribution is -2.28. The fourth-order valence-electron chi connectivity index (χ4n) is 4.34. The van der Waals surface area contributed by atoms with Gasteiger partial charge in [-0.05, 0) is 48.4 Å². The molecule has 1 atom stereocenters. The molecule has 1 aliphatic carbocycles. The van der Waals surface area contributed by atoms with Crippen molar-refractivity contribution in [2.24, 2.45) is 0 Å². The second-order valence-corrected chi connectivity index (χ2v) is 7.76. The van der Waals surface area contributed by atoms with E-state index in [-0.39, 0.29) is 5.91 Å². The third-order valence-corrected chi connectivity index (χ3v) is 6.06. The maximum atomic E-state index is 12.5. The van der Waals surface area contributed by atoms with Crippen molar-refractivity contribution in [2.75, 3.05) is 6.54 Å². The van der Waals surface area contributed by atoms with Gasteiger partial charge in [-0.3, -0.25) is 4.79 Å². The largest absolute Gasteiger partial charge is 0.369 e. The number of aliphatic hydroxyl groups excluding tert-OH is 1. The maximum absolute atomic E-state index is 12.5. The number of amides is 1. The minimum absolute atomic E-state index is 0.102. The van der Waals surface area contributed by atoms with Gasteiger partial charge in [0.15, 0.2) is 6.23 Å². The highest BCUT2D eigenvalue weighted by molar-refractivity contribution is 5.99. The van der Waals surface area contributed by atoms with Crippen LogP contribution < -0.4 is 0 Å². The first-order valence-corrected chi connectivity index (χ1v) is 10.00. The van der Waals surface area contributed by atoms with E-state index in [1.54, 1.807) is 6.07 Å². The highest BCUT2D eigenvalue weighted by atomic mass is 16.3. The number of carbonyl (C=O) groups excluding carboxylic acids is 1. The highest BCUT2D eigenvalue weighted by Gasteiger charge is 2.34. The first kappa shape index (κ1) is 18.0. The van der Waals surface area contributed by atoms with Crippen LogP contribution in [0.2, 0.25) is 0 Å². The average molecular weight is 361 g/mol. The summed E-state index contributed by atoms with van der Waals surface area (Å²) in [5, 5.41) is 10.5. The Labute approximate surface area is 161 Å². The minimum Gasteiger partial charge on any atom is -0.369 e. The summed E-state index contributed by atoms with van der Waals surface area (Å²) in [5.74, 6) is 0.614. The molecule has 1 aliphatic heterocycles. The molecule has 0 bridgehead atoms. The van der Waals surface area contributed by atoms with Crippen molar-refractivity contribution in [3.63, 3.8) is 0 Å². The Hall–Kier alpha value is -2.39. The number of aliphatic hydroxyl groups is 1. The molecule has 4 rings (SSSR count). The SMILES string of the molecule is C/C(=C\CN1C(=O)c2ccccc2[C@@H]1O)c1ccc(C2CCCCC2)cc1. The molecule has 140 valence electrons. The summed E-state index contributed by atoms with van der Waals surface area (Å²) in [4.78, 5) is 14.0. The van der Waals surface area contributed by atoms with Gasteiger partial charge in [0.25, 0.3) is 5.91 Å². The van der Waals surface area contributed by atoms with Crippen LogP contribution in [-0.4, -0.2) is 22.5 Å². The van der Waals surface area contributed by atoms with E-state index < -0.39 is 6.23 Å². The number of rotatable bonds is 4. The Morgan fingerprint density at radius 3 is 2.48 bits per heavy atom. The predicted octanol–water partition coefficient (Wildman–Crippen LogP) is 5.28. The van der Waals surface area contributed by atoms with E-state index in [1.165, 1.54) is 48.1 Å². The van der Waals surface area contributed by atoms with E-state index in [2.05, 4.69) is 31.2 Å². The summed E-state index contributed by atoms with van der Waals surface area (Å²) in [6.45, 7) is 2.47. The molecular formula is C24H27NO2. The van der Waals surface area contributed by atoms with Gasteiger partial charge in [0, 0.05) is 17.7 Å². The number of hydrogen-bond acceptors (Lipinski definition) is 2. The number of carbonyl (C=O) groups is 1. The van der Waals surface area contributed by atoms with Gasteiger partial charge in [0.05, 0.1) is 0 Å². The smallest absolute Gasteiger partial charge is 0.256 e. The molecule has 0 saturated heterocycles. The molecule has 2 aliphatic rings. The molecule has 27 heavy (non-hydrogen) atoms. The lowest BCUT2D eigenvalue weighted by atomic mass is 9.84. The van der Waals surface area contributed by atoms with Crippen molar-refractivity contribution in [2.45, 2.75) is 51.2 Å². The summed E-state index contributed by atoms with van der Waals surface area (Å²) in [6.07, 6.45) is 7.86. The van der Waals surface area contributed by atoms with Crippen molar-refractivity contribution < 1.29 is 9.90 Å². The van der Waals surface area contributed by atoms with Gasteiger partial charge >= 0.3 is 0 Å². The van der Waals surface area contributed by atoms with Gasteiger partial charge < -0.3 is 10.0 Å². The van der Waals surface area contributed by atoms with Gasteiger partial charge in [-0.2, -0.15) is 0 Å². The second kappa shape index (κ2) is 7.69. The zero-order valence-corrected chi connectivity index (χ0v) is 15.9. The van der Waals surface area contributed by atoms with Crippen molar-refractivity contribution >= 4 is 11.5 Å². The van der Waals surface area contributed by atoms with Crippen LogP contribution in [0.1, 0.15) is 78.2 Å². The standard InChI is InChI=1S/C24H27NO2/c1-17(18-11-13-20(14-12-18)19-7-3-2-4-8-19)15-16-25-23(26)21-9-5-6-10-22(21)24(25)27/h5-6,9-15,19,23,26H,2-4,7-8,16H2,1H3/b17-15+/t23-/m0/s1. The van der Waals surface area contributed by atoms with Crippen LogP contribution in [-0.2, 0) is 0 Å². The van der Waals surface area contributed by atoms with E-state index in [9.17, 15) is 9.90 Å². The molecule has 1 N–H and O–H groups in total. The molecule has 3 heteroatoms. The summed E-state index contributed by atoms with van der Waals surface area (Å²) in [7, 11) is 0.